The highest BCUT2D eigenvalue weighted by molar-refractivity contribution is 5.80. The summed E-state index contributed by atoms with van der Waals surface area (Å²) in [6, 6.07) is 14.5. The van der Waals surface area contributed by atoms with Crippen molar-refractivity contribution >= 4 is 11.6 Å². The van der Waals surface area contributed by atoms with Gasteiger partial charge in [0, 0.05) is 12.6 Å². The van der Waals surface area contributed by atoms with Crippen molar-refractivity contribution in [1.82, 2.24) is 5.32 Å². The number of carbonyl (C=O) groups excluding carboxylic acids is 1. The first-order valence-corrected chi connectivity index (χ1v) is 7.70. The molecule has 0 aliphatic carbocycles. The van der Waals surface area contributed by atoms with Gasteiger partial charge < -0.3 is 10.1 Å². The van der Waals surface area contributed by atoms with Gasteiger partial charge in [-0.05, 0) is 37.5 Å². The zero-order chi connectivity index (χ0) is 17.5. The largest absolute Gasteiger partial charge is 0.474 e. The highest BCUT2D eigenvalue weighted by atomic mass is 16.6. The first kappa shape index (κ1) is 17.5. The molecule has 24 heavy (non-hydrogen) atoms. The minimum atomic E-state index is -0.817. The Balaban J connectivity index is 1.91. The molecule has 6 nitrogen and oxygen atoms in total. The van der Waals surface area contributed by atoms with Crippen LogP contribution in [0.2, 0.25) is 0 Å². The quantitative estimate of drug-likeness (QED) is 0.625. The Labute approximate surface area is 140 Å². The molecule has 2 aromatic carbocycles. The van der Waals surface area contributed by atoms with E-state index in [4.69, 9.17) is 4.74 Å². The molecule has 0 aliphatic rings. The number of benzene rings is 2. The first-order valence-electron chi connectivity index (χ1n) is 7.70. The number of nitro benzene ring substituents is 1. The van der Waals surface area contributed by atoms with Crippen LogP contribution in [0.1, 0.15) is 18.1 Å². The van der Waals surface area contributed by atoms with Crippen LogP contribution in [0.5, 0.6) is 5.75 Å². The van der Waals surface area contributed by atoms with Crippen molar-refractivity contribution in [3.63, 3.8) is 0 Å². The summed E-state index contributed by atoms with van der Waals surface area (Å²) in [4.78, 5) is 22.6. The van der Waals surface area contributed by atoms with Gasteiger partial charge in [0.25, 0.3) is 5.91 Å². The zero-order valence-corrected chi connectivity index (χ0v) is 13.7. The summed E-state index contributed by atoms with van der Waals surface area (Å²) in [5.74, 6) is -0.211. The Bertz CT molecular complexity index is 716. The number of nitrogens with zero attached hydrogens (tertiary/aromatic N) is 1. The molecule has 0 unspecified atom stereocenters. The van der Waals surface area contributed by atoms with Crippen LogP contribution in [0.3, 0.4) is 0 Å². The zero-order valence-electron chi connectivity index (χ0n) is 13.7. The second-order valence-electron chi connectivity index (χ2n) is 5.51. The molecule has 0 aliphatic heterocycles. The molecular weight excluding hydrogens is 308 g/mol. The fourth-order valence-corrected chi connectivity index (χ4v) is 2.23. The minimum Gasteiger partial charge on any atom is -0.474 e. The maximum atomic E-state index is 12.1. The Morgan fingerprint density at radius 2 is 1.96 bits per heavy atom. The van der Waals surface area contributed by atoms with Gasteiger partial charge in [-0.25, -0.2) is 0 Å². The van der Waals surface area contributed by atoms with Crippen molar-refractivity contribution in [3.05, 3.63) is 69.8 Å². The Morgan fingerprint density at radius 1 is 1.25 bits per heavy atom. The highest BCUT2D eigenvalue weighted by Crippen LogP contribution is 2.28. The summed E-state index contributed by atoms with van der Waals surface area (Å²) in [7, 11) is 0. The van der Waals surface area contributed by atoms with E-state index in [0.717, 1.165) is 11.1 Å². The number of ether oxygens (including phenoxy) is 1. The average molecular weight is 328 g/mol. The van der Waals surface area contributed by atoms with Gasteiger partial charge in [0.05, 0.1) is 4.92 Å². The molecule has 1 amide bonds. The number of rotatable bonds is 7. The molecule has 1 N–H and O–H groups in total. The van der Waals surface area contributed by atoms with E-state index >= 15 is 0 Å². The minimum absolute atomic E-state index is 0.0938. The Kier molecular flexibility index (Phi) is 5.89. The first-order chi connectivity index (χ1) is 11.5. The van der Waals surface area contributed by atoms with Gasteiger partial charge >= 0.3 is 5.69 Å². The summed E-state index contributed by atoms with van der Waals surface area (Å²) in [5, 5.41) is 13.9. The Morgan fingerprint density at radius 3 is 2.62 bits per heavy atom. The van der Waals surface area contributed by atoms with E-state index in [9.17, 15) is 14.9 Å². The lowest BCUT2D eigenvalue weighted by atomic mass is 10.1. The van der Waals surface area contributed by atoms with Crippen molar-refractivity contribution in [3.8, 4) is 5.75 Å². The summed E-state index contributed by atoms with van der Waals surface area (Å²) in [6.45, 7) is 3.81. The predicted molar refractivity (Wildman–Crippen MR) is 91.1 cm³/mol. The monoisotopic (exact) mass is 328 g/mol. The van der Waals surface area contributed by atoms with Crippen LogP contribution in [-0.2, 0) is 11.2 Å². The third-order valence-electron chi connectivity index (χ3n) is 3.54. The van der Waals surface area contributed by atoms with E-state index < -0.39 is 11.0 Å². The molecule has 0 bridgehead atoms. The number of aryl methyl sites for hydroxylation is 1. The van der Waals surface area contributed by atoms with Gasteiger partial charge in [0.1, 0.15) is 0 Å². The van der Waals surface area contributed by atoms with Crippen molar-refractivity contribution in [1.29, 1.82) is 0 Å². The highest BCUT2D eigenvalue weighted by Gasteiger charge is 2.21. The fraction of sp³-hybridized carbons (Fsp3) is 0.278. The van der Waals surface area contributed by atoms with Gasteiger partial charge in [-0.1, -0.05) is 36.4 Å². The van der Waals surface area contributed by atoms with Crippen molar-refractivity contribution in [2.45, 2.75) is 26.4 Å². The van der Waals surface area contributed by atoms with Crippen LogP contribution in [0.15, 0.2) is 48.5 Å². The molecule has 126 valence electrons. The maximum absolute atomic E-state index is 12.1. The van der Waals surface area contributed by atoms with Gasteiger partial charge in [-0.15, -0.1) is 0 Å². The molecule has 2 rings (SSSR count). The van der Waals surface area contributed by atoms with Crippen LogP contribution < -0.4 is 10.1 Å². The van der Waals surface area contributed by atoms with E-state index in [1.165, 1.54) is 12.1 Å². The molecule has 0 radical (unpaired) electrons. The number of carbonyl (C=O) groups is 1. The molecule has 2 aromatic rings. The molecule has 0 saturated carbocycles. The maximum Gasteiger partial charge on any atom is 0.311 e. The van der Waals surface area contributed by atoms with Gasteiger partial charge in [-0.3, -0.25) is 14.9 Å². The molecule has 0 spiro atoms. The van der Waals surface area contributed by atoms with E-state index in [1.54, 1.807) is 19.9 Å². The number of nitrogens with one attached hydrogen (secondary N) is 1. The van der Waals surface area contributed by atoms with Crippen molar-refractivity contribution < 1.29 is 14.5 Å². The topological polar surface area (TPSA) is 81.5 Å². The Hall–Kier alpha value is -2.89. The molecule has 0 aromatic heterocycles. The lowest BCUT2D eigenvalue weighted by molar-refractivity contribution is -0.386. The molecule has 6 heteroatoms. The third kappa shape index (κ3) is 4.81. The van der Waals surface area contributed by atoms with Crippen molar-refractivity contribution in [2.75, 3.05) is 6.54 Å². The lowest BCUT2D eigenvalue weighted by Gasteiger charge is -2.15. The van der Waals surface area contributed by atoms with Gasteiger partial charge in [-0.2, -0.15) is 0 Å². The summed E-state index contributed by atoms with van der Waals surface area (Å²) in [6.07, 6.45) is -0.105. The number of hydrogen-bond donors (Lipinski definition) is 1. The summed E-state index contributed by atoms with van der Waals surface area (Å²) in [5.41, 5.74) is 1.74. The van der Waals surface area contributed by atoms with E-state index in [1.807, 2.05) is 30.3 Å². The number of amides is 1. The van der Waals surface area contributed by atoms with Crippen LogP contribution in [0, 0.1) is 17.0 Å². The second kappa shape index (κ2) is 8.10. The molecule has 0 saturated heterocycles. The fourth-order valence-electron chi connectivity index (χ4n) is 2.23. The summed E-state index contributed by atoms with van der Waals surface area (Å²) < 4.78 is 5.47. The standard InChI is InChI=1S/C18H20N2O4/c1-13-8-9-17(16(12-13)20(22)23)24-14(2)18(21)19-11-10-15-6-4-3-5-7-15/h3-9,12,14H,10-11H2,1-2H3,(H,19,21)/t14-/m1/s1. The molecule has 1 atom stereocenters. The van der Waals surface area contributed by atoms with E-state index in [-0.39, 0.29) is 17.3 Å². The average Bonchev–Trinajstić information content (AvgIpc) is 2.57. The normalized spacial score (nSPS) is 11.6. The predicted octanol–water partition coefficient (Wildman–Crippen LogP) is 3.03. The molecule has 0 heterocycles. The molecule has 0 fully saturated rings. The van der Waals surface area contributed by atoms with Crippen LogP contribution >= 0.6 is 0 Å². The number of nitro groups is 1. The SMILES string of the molecule is Cc1ccc(O[C@H](C)C(=O)NCCc2ccccc2)c([N+](=O)[O-])c1. The van der Waals surface area contributed by atoms with Crippen LogP contribution in [0.4, 0.5) is 5.69 Å². The lowest BCUT2D eigenvalue weighted by Crippen LogP contribution is -2.37. The number of hydrogen-bond acceptors (Lipinski definition) is 4. The smallest absolute Gasteiger partial charge is 0.311 e. The summed E-state index contributed by atoms with van der Waals surface area (Å²) >= 11 is 0. The second-order valence-corrected chi connectivity index (χ2v) is 5.51. The van der Waals surface area contributed by atoms with Crippen LogP contribution in [0.25, 0.3) is 0 Å². The molecular formula is C18H20N2O4. The van der Waals surface area contributed by atoms with Crippen LogP contribution in [-0.4, -0.2) is 23.5 Å². The van der Waals surface area contributed by atoms with Gasteiger partial charge in [0.15, 0.2) is 11.9 Å². The van der Waals surface area contributed by atoms with Crippen molar-refractivity contribution in [2.24, 2.45) is 0 Å². The van der Waals surface area contributed by atoms with E-state index in [2.05, 4.69) is 5.32 Å². The third-order valence-corrected chi connectivity index (χ3v) is 3.54. The van der Waals surface area contributed by atoms with E-state index in [0.29, 0.717) is 13.0 Å². The van der Waals surface area contributed by atoms with Gasteiger partial charge in [0.2, 0.25) is 0 Å².